The molecule has 6 nitrogen and oxygen atoms in total. The number of halogens is 1. The summed E-state index contributed by atoms with van der Waals surface area (Å²) in [6.07, 6.45) is 0. The van der Waals surface area contributed by atoms with E-state index in [0.717, 1.165) is 11.5 Å². The highest BCUT2D eigenvalue weighted by Gasteiger charge is 1.91. The minimum atomic E-state index is 0. The third kappa shape index (κ3) is 16.4. The number of hydrogen-bond acceptors (Lipinski definition) is 4. The van der Waals surface area contributed by atoms with Crippen molar-refractivity contribution in [2.75, 3.05) is 24.6 Å². The molecule has 0 aromatic rings. The van der Waals surface area contributed by atoms with Gasteiger partial charge in [-0.2, -0.15) is 0 Å². The first kappa shape index (κ1) is 17.1. The van der Waals surface area contributed by atoms with Gasteiger partial charge in [0.05, 0.1) is 6.54 Å². The lowest BCUT2D eigenvalue weighted by atomic mass is 10.7. The van der Waals surface area contributed by atoms with E-state index in [-0.39, 0.29) is 28.9 Å². The fourth-order valence-corrected chi connectivity index (χ4v) is 2.32. The van der Waals surface area contributed by atoms with Crippen LogP contribution in [-0.4, -0.2) is 36.5 Å². The van der Waals surface area contributed by atoms with E-state index >= 15 is 0 Å². The lowest BCUT2D eigenvalue weighted by Crippen LogP contribution is -2.31. The molecule has 0 aliphatic carbocycles. The van der Waals surface area contributed by atoms with Crippen molar-refractivity contribution in [3.05, 3.63) is 0 Å². The highest BCUT2D eigenvalue weighted by Crippen LogP contribution is 2.19. The Morgan fingerprint density at radius 2 is 1.80 bits per heavy atom. The molecule has 0 aromatic carbocycles. The third-order valence-corrected chi connectivity index (χ3v) is 3.44. The summed E-state index contributed by atoms with van der Waals surface area (Å²) >= 11 is 0. The van der Waals surface area contributed by atoms with Crippen molar-refractivity contribution < 1.29 is 0 Å². The van der Waals surface area contributed by atoms with Crippen molar-refractivity contribution in [3.8, 4) is 0 Å². The zero-order valence-corrected chi connectivity index (χ0v) is 11.6. The summed E-state index contributed by atoms with van der Waals surface area (Å²) in [5.41, 5.74) is 15.4. The summed E-state index contributed by atoms with van der Waals surface area (Å²) in [4.78, 5) is 3.84. The van der Waals surface area contributed by atoms with Crippen LogP contribution >= 0.6 is 38.6 Å². The molecule has 0 bridgehead atoms. The molecule has 0 saturated heterocycles. The standard InChI is InChI=1S/C6H16N6S2.BrH/c7-5(8)11-1-3-13-14-4-2-12-6(9)10;/h1-4H2,(H4,7,8,11)(H4,9,10,12);1H. The first-order valence-corrected chi connectivity index (χ1v) is 6.49. The molecule has 0 atom stereocenters. The van der Waals surface area contributed by atoms with Gasteiger partial charge < -0.3 is 22.5 Å². The van der Waals surface area contributed by atoms with Crippen molar-refractivity contribution >= 4 is 50.5 Å². The minimum absolute atomic E-state index is 0. The number of nitrogens with zero attached hydrogens (tertiary/aromatic N) is 1. The van der Waals surface area contributed by atoms with E-state index in [4.69, 9.17) is 22.6 Å². The van der Waals surface area contributed by atoms with Crippen LogP contribution in [-0.2, 0) is 0 Å². The maximum absolute atomic E-state index is 6.89. The molecule has 90 valence electrons. The van der Waals surface area contributed by atoms with Gasteiger partial charge in [0.15, 0.2) is 11.9 Å². The zero-order chi connectivity index (χ0) is 10.8. The molecule has 0 radical (unpaired) electrons. The Labute approximate surface area is 108 Å². The average Bonchev–Trinajstić information content (AvgIpc) is 2.08. The second-order valence-electron chi connectivity index (χ2n) is 2.29. The van der Waals surface area contributed by atoms with Crippen LogP contribution in [0.15, 0.2) is 4.99 Å². The fourth-order valence-electron chi connectivity index (χ4n) is 0.557. The lowest BCUT2D eigenvalue weighted by molar-refractivity contribution is 0.957. The molecule has 0 heterocycles. The van der Waals surface area contributed by atoms with Crippen LogP contribution in [0.5, 0.6) is 0 Å². The summed E-state index contributed by atoms with van der Waals surface area (Å²) in [5, 5.41) is 9.61. The van der Waals surface area contributed by atoms with Gasteiger partial charge in [0.25, 0.3) is 0 Å². The Bertz CT molecular complexity index is 196. The largest absolute Gasteiger partial charge is 0.370 e. The fraction of sp³-hybridized carbons (Fsp3) is 0.667. The van der Waals surface area contributed by atoms with Gasteiger partial charge in [-0.15, -0.1) is 17.0 Å². The van der Waals surface area contributed by atoms with Gasteiger partial charge in [0.1, 0.15) is 0 Å². The predicted molar refractivity (Wildman–Crippen MR) is 75.8 cm³/mol. The van der Waals surface area contributed by atoms with E-state index in [1.165, 1.54) is 0 Å². The molecule has 0 fully saturated rings. The summed E-state index contributed by atoms with van der Waals surface area (Å²) in [6, 6.07) is 0. The number of guanidine groups is 2. The van der Waals surface area contributed by atoms with Crippen LogP contribution < -0.4 is 22.5 Å². The molecular formula is C6H17BrN6S2. The van der Waals surface area contributed by atoms with E-state index in [0.29, 0.717) is 13.1 Å². The molecule has 0 amide bonds. The number of nitrogens with one attached hydrogen (secondary N) is 2. The van der Waals surface area contributed by atoms with Crippen molar-refractivity contribution in [1.82, 2.24) is 5.32 Å². The Kier molecular flexibility index (Phi) is 13.5. The monoisotopic (exact) mass is 316 g/mol. The van der Waals surface area contributed by atoms with Gasteiger partial charge in [-0.25, -0.2) is 0 Å². The van der Waals surface area contributed by atoms with E-state index in [1.54, 1.807) is 21.6 Å². The van der Waals surface area contributed by atoms with Gasteiger partial charge in [0.2, 0.25) is 0 Å². The van der Waals surface area contributed by atoms with Gasteiger partial charge in [0, 0.05) is 18.1 Å². The summed E-state index contributed by atoms with van der Waals surface area (Å²) in [7, 11) is 3.39. The lowest BCUT2D eigenvalue weighted by Gasteiger charge is -2.02. The summed E-state index contributed by atoms with van der Waals surface area (Å²) in [5.74, 6) is 1.92. The van der Waals surface area contributed by atoms with Crippen LogP contribution in [0.1, 0.15) is 0 Å². The maximum atomic E-state index is 6.89. The topological polar surface area (TPSA) is 126 Å². The Hall–Kier alpha value is -0.280. The predicted octanol–water partition coefficient (Wildman–Crippen LogP) is -0.298. The highest BCUT2D eigenvalue weighted by molar-refractivity contribution is 8.93. The molecule has 0 aliphatic heterocycles. The van der Waals surface area contributed by atoms with Crippen LogP contribution in [0, 0.1) is 5.41 Å². The third-order valence-electron chi connectivity index (χ3n) is 1.05. The van der Waals surface area contributed by atoms with Gasteiger partial charge in [-0.05, 0) is 0 Å². The van der Waals surface area contributed by atoms with Crippen LogP contribution in [0.4, 0.5) is 0 Å². The molecule has 0 unspecified atom stereocenters. The molecule has 8 N–H and O–H groups in total. The molecule has 0 spiro atoms. The quantitative estimate of drug-likeness (QED) is 0.190. The van der Waals surface area contributed by atoms with Gasteiger partial charge in [-0.1, -0.05) is 21.6 Å². The molecule has 0 rings (SSSR count). The molecule has 0 aromatic heterocycles. The maximum Gasteiger partial charge on any atom is 0.185 e. The van der Waals surface area contributed by atoms with Crippen LogP contribution in [0.25, 0.3) is 0 Å². The summed E-state index contributed by atoms with van der Waals surface area (Å²) in [6.45, 7) is 1.34. The Balaban J connectivity index is 0. The minimum Gasteiger partial charge on any atom is -0.370 e. The Morgan fingerprint density at radius 1 is 1.20 bits per heavy atom. The second-order valence-corrected chi connectivity index (χ2v) is 4.99. The summed E-state index contributed by atoms with van der Waals surface area (Å²) < 4.78 is 0. The van der Waals surface area contributed by atoms with Gasteiger partial charge in [-0.3, -0.25) is 10.4 Å². The average molecular weight is 317 g/mol. The smallest absolute Gasteiger partial charge is 0.185 e. The molecule has 9 heteroatoms. The van der Waals surface area contributed by atoms with E-state index in [2.05, 4.69) is 10.3 Å². The van der Waals surface area contributed by atoms with Crippen molar-refractivity contribution in [3.63, 3.8) is 0 Å². The second kappa shape index (κ2) is 11.8. The SMILES string of the molecule is Br.N=C(N)NCCSSCCN=C(N)N. The molecule has 0 aliphatic rings. The molecule has 0 saturated carbocycles. The number of aliphatic imine (C=N–C) groups is 1. The Morgan fingerprint density at radius 3 is 2.33 bits per heavy atom. The highest BCUT2D eigenvalue weighted by atomic mass is 79.9. The normalized spacial score (nSPS) is 8.80. The van der Waals surface area contributed by atoms with E-state index in [9.17, 15) is 0 Å². The van der Waals surface area contributed by atoms with E-state index < -0.39 is 0 Å². The van der Waals surface area contributed by atoms with Crippen molar-refractivity contribution in [2.24, 2.45) is 22.2 Å². The van der Waals surface area contributed by atoms with Crippen molar-refractivity contribution in [1.29, 1.82) is 5.41 Å². The first-order valence-electron chi connectivity index (χ1n) is 4.00. The zero-order valence-electron chi connectivity index (χ0n) is 8.23. The van der Waals surface area contributed by atoms with E-state index in [1.807, 2.05) is 0 Å². The van der Waals surface area contributed by atoms with Crippen LogP contribution in [0.3, 0.4) is 0 Å². The number of hydrogen-bond donors (Lipinski definition) is 5. The van der Waals surface area contributed by atoms with Gasteiger partial charge >= 0.3 is 0 Å². The molecular weight excluding hydrogens is 300 g/mol. The van der Waals surface area contributed by atoms with Crippen molar-refractivity contribution in [2.45, 2.75) is 0 Å². The number of nitrogens with two attached hydrogens (primary N) is 3. The van der Waals surface area contributed by atoms with Crippen LogP contribution in [0.2, 0.25) is 0 Å². The number of rotatable bonds is 7. The first-order chi connectivity index (χ1) is 6.63. The molecule has 15 heavy (non-hydrogen) atoms.